The van der Waals surface area contributed by atoms with Crippen molar-refractivity contribution in [1.29, 1.82) is 0 Å². The highest BCUT2D eigenvalue weighted by molar-refractivity contribution is 6.30. The van der Waals surface area contributed by atoms with Crippen LogP contribution in [0.3, 0.4) is 0 Å². The molecule has 2 amide bonds. The van der Waals surface area contributed by atoms with Crippen molar-refractivity contribution in [3.63, 3.8) is 0 Å². The molecule has 0 fully saturated rings. The topological polar surface area (TPSA) is 54.8 Å². The van der Waals surface area contributed by atoms with Crippen LogP contribution in [0.5, 0.6) is 5.75 Å². The fourth-order valence-electron chi connectivity index (χ4n) is 4.15. The van der Waals surface area contributed by atoms with Crippen molar-refractivity contribution in [2.24, 2.45) is 0 Å². The summed E-state index contributed by atoms with van der Waals surface area (Å²) in [6.45, 7) is 7.83. The zero-order valence-electron chi connectivity index (χ0n) is 21.6. The van der Waals surface area contributed by atoms with Crippen LogP contribution in [-0.2, 0) is 17.9 Å². The van der Waals surface area contributed by atoms with E-state index in [2.05, 4.69) is 24.5 Å². The maximum Gasteiger partial charge on any atom is 0.254 e. The number of benzene rings is 2. The molecule has 0 radical (unpaired) electrons. The highest BCUT2D eigenvalue weighted by atomic mass is 35.5. The molecule has 3 aromatic rings. The van der Waals surface area contributed by atoms with Crippen LogP contribution in [0.1, 0.15) is 55.2 Å². The second-order valence-electron chi connectivity index (χ2n) is 8.99. The molecular formula is C29H36ClN3O3. The van der Waals surface area contributed by atoms with Gasteiger partial charge in [0.25, 0.3) is 5.91 Å². The van der Waals surface area contributed by atoms with Crippen molar-refractivity contribution in [2.75, 3.05) is 20.2 Å². The van der Waals surface area contributed by atoms with E-state index in [1.165, 1.54) is 0 Å². The number of aromatic nitrogens is 1. The van der Waals surface area contributed by atoms with E-state index < -0.39 is 0 Å². The SMILES string of the molecule is CCCN(CC(=O)N(Cc1cccn1Cc1cccc(OC)c1)C(C)CC)C(=O)c1ccc(Cl)cc1. The number of methoxy groups -OCH3 is 1. The Kier molecular flexibility index (Phi) is 10.00. The lowest BCUT2D eigenvalue weighted by Crippen LogP contribution is -2.46. The number of hydrogen-bond donors (Lipinski definition) is 0. The van der Waals surface area contributed by atoms with Crippen molar-refractivity contribution in [3.8, 4) is 5.75 Å². The first kappa shape index (κ1) is 27.3. The summed E-state index contributed by atoms with van der Waals surface area (Å²) >= 11 is 5.99. The van der Waals surface area contributed by atoms with Crippen LogP contribution in [0.25, 0.3) is 0 Å². The number of halogens is 1. The van der Waals surface area contributed by atoms with Gasteiger partial charge in [-0.25, -0.2) is 0 Å². The zero-order valence-corrected chi connectivity index (χ0v) is 22.4. The van der Waals surface area contributed by atoms with Gasteiger partial charge in [-0.15, -0.1) is 0 Å². The van der Waals surface area contributed by atoms with Gasteiger partial charge >= 0.3 is 0 Å². The lowest BCUT2D eigenvalue weighted by Gasteiger charge is -2.32. The second kappa shape index (κ2) is 13.2. The summed E-state index contributed by atoms with van der Waals surface area (Å²) in [5, 5.41) is 0.574. The molecule has 0 aliphatic rings. The molecule has 0 aliphatic heterocycles. The average Bonchev–Trinajstić information content (AvgIpc) is 3.32. The maximum atomic E-state index is 13.6. The Balaban J connectivity index is 1.77. The van der Waals surface area contributed by atoms with Crippen LogP contribution in [0.2, 0.25) is 5.02 Å². The number of carbonyl (C=O) groups excluding carboxylic acids is 2. The molecule has 192 valence electrons. The standard InChI is InChI=1S/C29H36ClN3O3/c1-5-16-32(29(35)24-12-14-25(30)15-13-24)21-28(34)33(22(3)6-2)20-26-10-8-17-31(26)19-23-9-7-11-27(18-23)36-4/h7-15,17-18,22H,5-6,16,19-21H2,1-4H3. The zero-order chi connectivity index (χ0) is 26.1. The number of nitrogens with zero attached hydrogens (tertiary/aromatic N) is 3. The largest absolute Gasteiger partial charge is 0.497 e. The van der Waals surface area contributed by atoms with Crippen molar-refractivity contribution >= 4 is 23.4 Å². The first-order valence-corrected chi connectivity index (χ1v) is 12.8. The Morgan fingerprint density at radius 2 is 1.81 bits per heavy atom. The minimum absolute atomic E-state index is 0.0341. The molecule has 1 atom stereocenters. The first-order chi connectivity index (χ1) is 17.4. The molecule has 6 nitrogen and oxygen atoms in total. The van der Waals surface area contributed by atoms with Crippen molar-refractivity contribution in [1.82, 2.24) is 14.4 Å². The normalized spacial score (nSPS) is 11.7. The highest BCUT2D eigenvalue weighted by Gasteiger charge is 2.25. The van der Waals surface area contributed by atoms with Gasteiger partial charge in [0.15, 0.2) is 0 Å². The van der Waals surface area contributed by atoms with Gasteiger partial charge in [-0.3, -0.25) is 9.59 Å². The van der Waals surface area contributed by atoms with E-state index in [0.717, 1.165) is 29.8 Å². The third-order valence-corrected chi connectivity index (χ3v) is 6.64. The fourth-order valence-corrected chi connectivity index (χ4v) is 4.28. The molecule has 1 aromatic heterocycles. The lowest BCUT2D eigenvalue weighted by atomic mass is 10.1. The summed E-state index contributed by atoms with van der Waals surface area (Å²) in [5.41, 5.74) is 2.69. The number of rotatable bonds is 12. The Bertz CT molecular complexity index is 1140. The maximum absolute atomic E-state index is 13.6. The van der Waals surface area contributed by atoms with Crippen LogP contribution in [0.4, 0.5) is 0 Å². The second-order valence-corrected chi connectivity index (χ2v) is 9.43. The molecule has 36 heavy (non-hydrogen) atoms. The van der Waals surface area contributed by atoms with Crippen molar-refractivity contribution in [3.05, 3.63) is 88.7 Å². The minimum atomic E-state index is -0.160. The van der Waals surface area contributed by atoms with E-state index >= 15 is 0 Å². The molecule has 0 N–H and O–H groups in total. The molecule has 0 saturated carbocycles. The number of carbonyl (C=O) groups is 2. The van der Waals surface area contributed by atoms with E-state index in [1.54, 1.807) is 36.3 Å². The van der Waals surface area contributed by atoms with Gasteiger partial charge < -0.3 is 19.1 Å². The molecule has 2 aromatic carbocycles. The summed E-state index contributed by atoms with van der Waals surface area (Å²) in [6, 6.07) is 18.9. The molecule has 0 saturated heterocycles. The van der Waals surface area contributed by atoms with E-state index in [-0.39, 0.29) is 24.4 Å². The number of ether oxygens (including phenoxy) is 1. The van der Waals surface area contributed by atoms with Crippen molar-refractivity contribution in [2.45, 2.75) is 52.7 Å². The van der Waals surface area contributed by atoms with Gasteiger partial charge in [0.2, 0.25) is 5.91 Å². The van der Waals surface area contributed by atoms with Gasteiger partial charge in [0.05, 0.1) is 13.7 Å². The van der Waals surface area contributed by atoms with E-state index in [9.17, 15) is 9.59 Å². The van der Waals surface area contributed by atoms with E-state index in [0.29, 0.717) is 30.2 Å². The van der Waals surface area contributed by atoms with Crippen LogP contribution in [0, 0.1) is 0 Å². The summed E-state index contributed by atoms with van der Waals surface area (Å²) in [4.78, 5) is 30.3. The molecule has 1 unspecified atom stereocenters. The van der Waals surface area contributed by atoms with E-state index in [1.807, 2.05) is 48.4 Å². The Hall–Kier alpha value is -3.25. The van der Waals surface area contributed by atoms with Gasteiger partial charge in [0.1, 0.15) is 12.3 Å². The van der Waals surface area contributed by atoms with Crippen LogP contribution in [-0.4, -0.2) is 52.4 Å². The third-order valence-electron chi connectivity index (χ3n) is 6.38. The van der Waals surface area contributed by atoms with Gasteiger partial charge in [-0.1, -0.05) is 37.6 Å². The summed E-state index contributed by atoms with van der Waals surface area (Å²) in [6.07, 6.45) is 3.61. The molecule has 0 aliphatic carbocycles. The van der Waals surface area contributed by atoms with Gasteiger partial charge in [-0.2, -0.15) is 0 Å². The third kappa shape index (κ3) is 7.14. The van der Waals surface area contributed by atoms with Crippen LogP contribution >= 0.6 is 11.6 Å². The average molecular weight is 510 g/mol. The van der Waals surface area contributed by atoms with Crippen LogP contribution < -0.4 is 4.74 Å². The smallest absolute Gasteiger partial charge is 0.254 e. The molecule has 7 heteroatoms. The predicted molar refractivity (Wildman–Crippen MR) is 144 cm³/mol. The summed E-state index contributed by atoms with van der Waals surface area (Å²) in [5.74, 6) is 0.598. The van der Waals surface area contributed by atoms with Crippen molar-refractivity contribution < 1.29 is 14.3 Å². The first-order valence-electron chi connectivity index (χ1n) is 12.5. The number of hydrogen-bond acceptors (Lipinski definition) is 3. The highest BCUT2D eigenvalue weighted by Crippen LogP contribution is 2.18. The Morgan fingerprint density at radius 1 is 1.06 bits per heavy atom. The Morgan fingerprint density at radius 3 is 2.47 bits per heavy atom. The van der Waals surface area contributed by atoms with E-state index in [4.69, 9.17) is 16.3 Å². The quantitative estimate of drug-likeness (QED) is 0.306. The fraction of sp³-hybridized carbons (Fsp3) is 0.379. The number of amides is 2. The monoisotopic (exact) mass is 509 g/mol. The lowest BCUT2D eigenvalue weighted by molar-refractivity contribution is -0.134. The summed E-state index contributed by atoms with van der Waals surface area (Å²) < 4.78 is 7.51. The minimum Gasteiger partial charge on any atom is -0.497 e. The molecule has 0 spiro atoms. The molecule has 1 heterocycles. The molecule has 3 rings (SSSR count). The molecular weight excluding hydrogens is 474 g/mol. The Labute approximate surface area is 219 Å². The van der Waals surface area contributed by atoms with Crippen LogP contribution in [0.15, 0.2) is 66.9 Å². The van der Waals surface area contributed by atoms with Gasteiger partial charge in [-0.05, 0) is 73.9 Å². The van der Waals surface area contributed by atoms with Gasteiger partial charge in [0, 0.05) is 41.6 Å². The summed E-state index contributed by atoms with van der Waals surface area (Å²) in [7, 11) is 1.66. The predicted octanol–water partition coefficient (Wildman–Crippen LogP) is 5.88. The molecule has 0 bridgehead atoms.